The lowest BCUT2D eigenvalue weighted by atomic mass is 9.92. The number of nitrogens with zero attached hydrogens (tertiary/aromatic N) is 2. The lowest BCUT2D eigenvalue weighted by Gasteiger charge is -2.19. The Morgan fingerprint density at radius 1 is 1.53 bits per heavy atom. The van der Waals surface area contributed by atoms with Crippen LogP contribution in [0.2, 0.25) is 0 Å². The lowest BCUT2D eigenvalue weighted by Crippen LogP contribution is -2.20. The van der Waals surface area contributed by atoms with Crippen LogP contribution in [0.15, 0.2) is 6.20 Å². The Kier molecular flexibility index (Phi) is 3.33. The maximum absolute atomic E-state index is 5.71. The van der Waals surface area contributed by atoms with Gasteiger partial charge in [-0.05, 0) is 31.6 Å². The first-order chi connectivity index (χ1) is 8.00. The molecule has 94 valence electrons. The van der Waals surface area contributed by atoms with Crippen LogP contribution in [0.25, 0.3) is 0 Å². The summed E-state index contributed by atoms with van der Waals surface area (Å²) in [4.78, 5) is 8.64. The van der Waals surface area contributed by atoms with Crippen molar-refractivity contribution in [3.63, 3.8) is 0 Å². The van der Waals surface area contributed by atoms with E-state index in [-0.39, 0.29) is 0 Å². The summed E-state index contributed by atoms with van der Waals surface area (Å²) < 4.78 is 0. The molecule has 1 atom stereocenters. The average molecular weight is 234 g/mol. The summed E-state index contributed by atoms with van der Waals surface area (Å²) in [6, 6.07) is 0.518. The molecule has 0 radical (unpaired) electrons. The van der Waals surface area contributed by atoms with Crippen LogP contribution < -0.4 is 11.1 Å². The van der Waals surface area contributed by atoms with Gasteiger partial charge in [-0.3, -0.25) is 0 Å². The highest BCUT2D eigenvalue weighted by Crippen LogP contribution is 2.38. The van der Waals surface area contributed by atoms with Crippen molar-refractivity contribution < 1.29 is 0 Å². The first-order valence-electron chi connectivity index (χ1n) is 6.29. The molecule has 4 nitrogen and oxygen atoms in total. The van der Waals surface area contributed by atoms with E-state index >= 15 is 0 Å². The number of nitrogens with one attached hydrogen (secondary N) is 1. The second kappa shape index (κ2) is 4.61. The van der Waals surface area contributed by atoms with E-state index in [4.69, 9.17) is 5.73 Å². The van der Waals surface area contributed by atoms with Gasteiger partial charge in [0.15, 0.2) is 0 Å². The van der Waals surface area contributed by atoms with E-state index in [1.165, 1.54) is 19.3 Å². The third-order valence-corrected chi connectivity index (χ3v) is 3.51. The number of aromatic nitrogens is 2. The Hall–Kier alpha value is -1.16. The molecule has 0 aliphatic heterocycles. The topological polar surface area (TPSA) is 63.8 Å². The van der Waals surface area contributed by atoms with E-state index in [0.29, 0.717) is 18.0 Å². The zero-order chi connectivity index (χ0) is 12.5. The molecular formula is C13H22N4. The molecule has 1 aromatic heterocycles. The zero-order valence-corrected chi connectivity index (χ0v) is 11.0. The quantitative estimate of drug-likeness (QED) is 0.842. The van der Waals surface area contributed by atoms with Gasteiger partial charge in [-0.15, -0.1) is 0 Å². The van der Waals surface area contributed by atoms with Gasteiger partial charge in [0, 0.05) is 24.3 Å². The molecule has 1 aromatic rings. The highest BCUT2D eigenvalue weighted by atomic mass is 15.1. The predicted octanol–water partition coefficient (Wildman–Crippen LogP) is 2.23. The van der Waals surface area contributed by atoms with Crippen LogP contribution in [-0.4, -0.2) is 16.0 Å². The first-order valence-corrected chi connectivity index (χ1v) is 6.29. The Bertz CT molecular complexity index is 400. The van der Waals surface area contributed by atoms with Crippen LogP contribution in [0, 0.1) is 12.3 Å². The van der Waals surface area contributed by atoms with Gasteiger partial charge in [-0.1, -0.05) is 13.8 Å². The molecule has 0 saturated heterocycles. The van der Waals surface area contributed by atoms with E-state index < -0.39 is 0 Å². The fourth-order valence-electron chi connectivity index (χ4n) is 2.52. The minimum atomic E-state index is 0.447. The molecule has 0 spiro atoms. The second-order valence-electron chi connectivity index (χ2n) is 5.74. The third kappa shape index (κ3) is 2.94. The van der Waals surface area contributed by atoms with Gasteiger partial charge in [0.2, 0.25) is 0 Å². The molecule has 1 aliphatic rings. The van der Waals surface area contributed by atoms with E-state index in [1.807, 2.05) is 13.1 Å². The van der Waals surface area contributed by atoms with Crippen LogP contribution in [0.4, 0.5) is 5.82 Å². The number of anilines is 1. The number of rotatable bonds is 3. The van der Waals surface area contributed by atoms with E-state index in [9.17, 15) is 0 Å². The van der Waals surface area contributed by atoms with Gasteiger partial charge >= 0.3 is 0 Å². The maximum Gasteiger partial charge on any atom is 0.134 e. The molecule has 1 unspecified atom stereocenters. The predicted molar refractivity (Wildman–Crippen MR) is 69.7 cm³/mol. The summed E-state index contributed by atoms with van der Waals surface area (Å²) in [7, 11) is 0. The minimum absolute atomic E-state index is 0.447. The summed E-state index contributed by atoms with van der Waals surface area (Å²) in [6.07, 6.45) is 5.50. The largest absolute Gasteiger partial charge is 0.367 e. The molecule has 1 fully saturated rings. The molecule has 1 heterocycles. The highest BCUT2D eigenvalue weighted by Gasteiger charge is 2.31. The summed E-state index contributed by atoms with van der Waals surface area (Å²) >= 11 is 0. The number of hydrogen-bond acceptors (Lipinski definition) is 4. The zero-order valence-electron chi connectivity index (χ0n) is 11.0. The molecule has 0 bridgehead atoms. The monoisotopic (exact) mass is 234 g/mol. The fourth-order valence-corrected chi connectivity index (χ4v) is 2.52. The van der Waals surface area contributed by atoms with Crippen molar-refractivity contribution in [1.29, 1.82) is 0 Å². The highest BCUT2D eigenvalue weighted by molar-refractivity contribution is 5.44. The van der Waals surface area contributed by atoms with E-state index in [2.05, 4.69) is 29.1 Å². The third-order valence-electron chi connectivity index (χ3n) is 3.51. The van der Waals surface area contributed by atoms with Crippen molar-refractivity contribution in [2.45, 2.75) is 52.6 Å². The molecule has 4 heteroatoms. The van der Waals surface area contributed by atoms with Gasteiger partial charge in [0.1, 0.15) is 11.6 Å². The van der Waals surface area contributed by atoms with Gasteiger partial charge < -0.3 is 11.1 Å². The molecule has 0 aromatic carbocycles. The molecule has 0 amide bonds. The fraction of sp³-hybridized carbons (Fsp3) is 0.692. The SMILES string of the molecule is Cc1ncc(CN)c(NC2CCC(C)(C)C2)n1. The smallest absolute Gasteiger partial charge is 0.134 e. The van der Waals surface area contributed by atoms with Gasteiger partial charge in [-0.2, -0.15) is 0 Å². The van der Waals surface area contributed by atoms with Crippen molar-refractivity contribution in [1.82, 2.24) is 9.97 Å². The summed E-state index contributed by atoms with van der Waals surface area (Å²) in [5.41, 5.74) is 7.16. The number of nitrogens with two attached hydrogens (primary N) is 1. The van der Waals surface area contributed by atoms with Crippen LogP contribution >= 0.6 is 0 Å². The molecule has 3 N–H and O–H groups in total. The molecule has 17 heavy (non-hydrogen) atoms. The van der Waals surface area contributed by atoms with Crippen molar-refractivity contribution in [2.75, 3.05) is 5.32 Å². The number of hydrogen-bond donors (Lipinski definition) is 2. The van der Waals surface area contributed by atoms with Crippen molar-refractivity contribution in [2.24, 2.45) is 11.1 Å². The molecule has 1 aliphatic carbocycles. The first kappa shape index (κ1) is 12.3. The average Bonchev–Trinajstić information content (AvgIpc) is 2.58. The van der Waals surface area contributed by atoms with Crippen molar-refractivity contribution in [3.8, 4) is 0 Å². The Balaban J connectivity index is 2.11. The minimum Gasteiger partial charge on any atom is -0.367 e. The van der Waals surface area contributed by atoms with Gasteiger partial charge in [-0.25, -0.2) is 9.97 Å². The van der Waals surface area contributed by atoms with Crippen molar-refractivity contribution in [3.05, 3.63) is 17.6 Å². The standard InChI is InChI=1S/C13H22N4/c1-9-15-8-10(7-14)12(16-9)17-11-4-5-13(2,3)6-11/h8,11H,4-7,14H2,1-3H3,(H,15,16,17). The van der Waals surface area contributed by atoms with Crippen LogP contribution in [0.5, 0.6) is 0 Å². The van der Waals surface area contributed by atoms with Gasteiger partial charge in [0.05, 0.1) is 0 Å². The number of aryl methyl sites for hydroxylation is 1. The summed E-state index contributed by atoms with van der Waals surface area (Å²) in [5, 5.41) is 3.53. The van der Waals surface area contributed by atoms with Crippen molar-refractivity contribution >= 4 is 5.82 Å². The lowest BCUT2D eigenvalue weighted by molar-refractivity contribution is 0.378. The molecule has 1 saturated carbocycles. The van der Waals surface area contributed by atoms with E-state index in [0.717, 1.165) is 17.2 Å². The maximum atomic E-state index is 5.71. The van der Waals surface area contributed by atoms with Gasteiger partial charge in [0.25, 0.3) is 0 Å². The Labute approximate surface area is 103 Å². The normalized spacial score (nSPS) is 22.7. The molecule has 2 rings (SSSR count). The van der Waals surface area contributed by atoms with Crippen LogP contribution in [0.3, 0.4) is 0 Å². The van der Waals surface area contributed by atoms with Crippen LogP contribution in [0.1, 0.15) is 44.5 Å². The van der Waals surface area contributed by atoms with Crippen LogP contribution in [-0.2, 0) is 6.54 Å². The second-order valence-corrected chi connectivity index (χ2v) is 5.74. The summed E-state index contributed by atoms with van der Waals surface area (Å²) in [6.45, 7) is 7.04. The Morgan fingerprint density at radius 2 is 2.29 bits per heavy atom. The molecular weight excluding hydrogens is 212 g/mol. The Morgan fingerprint density at radius 3 is 2.88 bits per heavy atom. The van der Waals surface area contributed by atoms with E-state index in [1.54, 1.807) is 0 Å². The summed E-state index contributed by atoms with van der Waals surface area (Å²) in [5.74, 6) is 1.71.